The molecule has 0 radical (unpaired) electrons. The Hall–Kier alpha value is -1.43. The molecular weight excluding hydrogens is 288 g/mol. The van der Waals surface area contributed by atoms with Crippen molar-refractivity contribution in [1.82, 2.24) is 10.3 Å². The second-order valence-corrected chi connectivity index (χ2v) is 6.98. The van der Waals surface area contributed by atoms with E-state index in [-0.39, 0.29) is 16.3 Å². The van der Waals surface area contributed by atoms with Crippen molar-refractivity contribution in [3.63, 3.8) is 0 Å². The third-order valence-corrected chi connectivity index (χ3v) is 5.82. The summed E-state index contributed by atoms with van der Waals surface area (Å²) in [6.45, 7) is 4.04. The zero-order chi connectivity index (χ0) is 15.6. The van der Waals surface area contributed by atoms with Crippen LogP contribution in [0.2, 0.25) is 0 Å². The van der Waals surface area contributed by atoms with Gasteiger partial charge in [-0.05, 0) is 38.5 Å². The van der Waals surface area contributed by atoms with Crippen LogP contribution in [-0.2, 0) is 0 Å². The van der Waals surface area contributed by atoms with E-state index < -0.39 is 5.97 Å². The van der Waals surface area contributed by atoms with Gasteiger partial charge in [0.05, 0.1) is 5.56 Å². The molecule has 0 atom stereocenters. The quantitative estimate of drug-likeness (QED) is 0.781. The van der Waals surface area contributed by atoms with Gasteiger partial charge in [0.2, 0.25) is 0 Å². The van der Waals surface area contributed by atoms with Gasteiger partial charge in [0.15, 0.2) is 0 Å². The molecule has 2 rings (SSSR count). The molecule has 0 aliphatic heterocycles. The van der Waals surface area contributed by atoms with E-state index in [1.165, 1.54) is 12.8 Å². The lowest BCUT2D eigenvalue weighted by atomic mass is 10.1. The number of aromatic nitrogens is 1. The van der Waals surface area contributed by atoms with Crippen LogP contribution in [0.3, 0.4) is 0 Å². The molecule has 1 fully saturated rings. The summed E-state index contributed by atoms with van der Waals surface area (Å²) < 4.78 is 0.142. The molecule has 0 saturated heterocycles. The number of aromatic amines is 1. The smallest absolute Gasteiger partial charge is 0.352 e. The number of thioether (sulfide) groups is 1. The molecule has 1 aliphatic carbocycles. The van der Waals surface area contributed by atoms with Crippen molar-refractivity contribution in [1.29, 1.82) is 0 Å². The van der Waals surface area contributed by atoms with Crippen molar-refractivity contribution in [3.8, 4) is 0 Å². The third kappa shape index (κ3) is 3.10. The molecule has 0 unspecified atom stereocenters. The van der Waals surface area contributed by atoms with Gasteiger partial charge in [0.25, 0.3) is 5.91 Å². The molecule has 1 heterocycles. The van der Waals surface area contributed by atoms with Crippen molar-refractivity contribution in [2.24, 2.45) is 0 Å². The molecule has 1 saturated carbocycles. The van der Waals surface area contributed by atoms with E-state index in [0.29, 0.717) is 23.4 Å². The van der Waals surface area contributed by atoms with Gasteiger partial charge in [-0.25, -0.2) is 4.79 Å². The van der Waals surface area contributed by atoms with E-state index in [4.69, 9.17) is 5.11 Å². The van der Waals surface area contributed by atoms with Gasteiger partial charge in [-0.2, -0.15) is 11.8 Å². The van der Waals surface area contributed by atoms with Crippen molar-refractivity contribution in [2.75, 3.05) is 12.8 Å². The molecule has 6 heteroatoms. The predicted molar refractivity (Wildman–Crippen MR) is 84.3 cm³/mol. The van der Waals surface area contributed by atoms with E-state index in [0.717, 1.165) is 12.8 Å². The number of aromatic carboxylic acids is 1. The molecule has 5 nitrogen and oxygen atoms in total. The molecule has 1 amide bonds. The fourth-order valence-electron chi connectivity index (χ4n) is 3.11. The number of H-pyrrole nitrogens is 1. The number of carbonyl (C=O) groups excluding carboxylic acids is 1. The van der Waals surface area contributed by atoms with Crippen molar-refractivity contribution >= 4 is 23.6 Å². The van der Waals surface area contributed by atoms with Gasteiger partial charge in [-0.3, -0.25) is 4.79 Å². The number of rotatable bonds is 5. The largest absolute Gasteiger partial charge is 0.477 e. The lowest BCUT2D eigenvalue weighted by Gasteiger charge is -2.27. The minimum absolute atomic E-state index is 0.0955. The van der Waals surface area contributed by atoms with E-state index in [1.54, 1.807) is 13.8 Å². The van der Waals surface area contributed by atoms with Crippen LogP contribution in [0, 0.1) is 13.8 Å². The first-order chi connectivity index (χ1) is 9.90. The second kappa shape index (κ2) is 6.13. The Balaban J connectivity index is 2.12. The summed E-state index contributed by atoms with van der Waals surface area (Å²) in [5.41, 5.74) is 1.66. The number of carboxylic acid groups (broad SMARTS) is 1. The highest BCUT2D eigenvalue weighted by atomic mass is 32.2. The minimum atomic E-state index is -1.04. The maximum atomic E-state index is 12.4. The Morgan fingerprint density at radius 1 is 1.33 bits per heavy atom. The van der Waals surface area contributed by atoms with Crippen LogP contribution in [-0.4, -0.2) is 39.5 Å². The molecule has 1 aromatic heterocycles. The van der Waals surface area contributed by atoms with Crippen LogP contribution in [0.4, 0.5) is 0 Å². The van der Waals surface area contributed by atoms with Crippen LogP contribution in [0.5, 0.6) is 0 Å². The summed E-state index contributed by atoms with van der Waals surface area (Å²) in [5.74, 6) is -1.22. The van der Waals surface area contributed by atoms with E-state index in [9.17, 15) is 9.59 Å². The molecule has 1 aromatic rings. The first-order valence-electron chi connectivity index (χ1n) is 7.16. The molecule has 0 bridgehead atoms. The zero-order valence-corrected chi connectivity index (χ0v) is 13.5. The van der Waals surface area contributed by atoms with E-state index >= 15 is 0 Å². The number of carbonyl (C=O) groups is 2. The van der Waals surface area contributed by atoms with Crippen molar-refractivity contribution in [3.05, 3.63) is 22.5 Å². The summed E-state index contributed by atoms with van der Waals surface area (Å²) in [6.07, 6.45) is 6.76. The van der Waals surface area contributed by atoms with Crippen molar-refractivity contribution < 1.29 is 14.7 Å². The fraction of sp³-hybridized carbons (Fsp3) is 0.600. The Morgan fingerprint density at radius 3 is 2.43 bits per heavy atom. The van der Waals surface area contributed by atoms with Gasteiger partial charge in [-0.1, -0.05) is 12.8 Å². The molecule has 1 aliphatic rings. The summed E-state index contributed by atoms with van der Waals surface area (Å²) in [5, 5.41) is 12.1. The van der Waals surface area contributed by atoms with Gasteiger partial charge in [0.1, 0.15) is 5.69 Å². The first-order valence-corrected chi connectivity index (χ1v) is 8.38. The molecule has 0 spiro atoms. The lowest BCUT2D eigenvalue weighted by molar-refractivity contribution is 0.0690. The van der Waals surface area contributed by atoms with Crippen LogP contribution < -0.4 is 5.32 Å². The number of amides is 1. The predicted octanol–water partition coefficient (Wildman–Crippen LogP) is 2.74. The average Bonchev–Trinajstić information content (AvgIpc) is 3.02. The number of hydrogen-bond acceptors (Lipinski definition) is 3. The standard InChI is InChI=1S/C15H22N2O3S/c1-9-11(10(2)17-12(9)14(19)20)13(18)16-8-15(21-3)6-4-5-7-15/h17H,4-8H2,1-3H3,(H,16,18)(H,19,20). The van der Waals surface area contributed by atoms with Gasteiger partial charge < -0.3 is 15.4 Å². The lowest BCUT2D eigenvalue weighted by Crippen LogP contribution is -2.38. The average molecular weight is 310 g/mol. The van der Waals surface area contributed by atoms with Gasteiger partial charge in [-0.15, -0.1) is 0 Å². The Labute approximate surface area is 128 Å². The number of hydrogen-bond donors (Lipinski definition) is 3. The van der Waals surface area contributed by atoms with Crippen molar-refractivity contribution in [2.45, 2.75) is 44.3 Å². The number of nitrogens with one attached hydrogen (secondary N) is 2. The summed E-state index contributed by atoms with van der Waals surface area (Å²) >= 11 is 1.82. The van der Waals surface area contributed by atoms with E-state index in [1.807, 2.05) is 11.8 Å². The molecule has 116 valence electrons. The highest BCUT2D eigenvalue weighted by Crippen LogP contribution is 2.39. The van der Waals surface area contributed by atoms with Crippen LogP contribution in [0.1, 0.15) is 57.8 Å². The first kappa shape index (κ1) is 15.9. The SMILES string of the molecule is CSC1(CNC(=O)c2c(C)[nH]c(C(=O)O)c2C)CCCC1. The Kier molecular flexibility index (Phi) is 4.66. The zero-order valence-electron chi connectivity index (χ0n) is 12.7. The summed E-state index contributed by atoms with van der Waals surface area (Å²) in [7, 11) is 0. The Morgan fingerprint density at radius 2 is 1.95 bits per heavy atom. The van der Waals surface area contributed by atoms with Gasteiger partial charge in [0, 0.05) is 17.0 Å². The van der Waals surface area contributed by atoms with Crippen LogP contribution in [0.25, 0.3) is 0 Å². The normalized spacial score (nSPS) is 16.9. The highest BCUT2D eigenvalue weighted by Gasteiger charge is 2.33. The number of carboxylic acids is 1. The van der Waals surface area contributed by atoms with E-state index in [2.05, 4.69) is 16.6 Å². The number of aryl methyl sites for hydroxylation is 1. The minimum Gasteiger partial charge on any atom is -0.477 e. The highest BCUT2D eigenvalue weighted by molar-refractivity contribution is 8.00. The topological polar surface area (TPSA) is 82.2 Å². The fourth-order valence-corrected chi connectivity index (χ4v) is 4.02. The molecular formula is C15H22N2O3S. The van der Waals surface area contributed by atoms with Gasteiger partial charge >= 0.3 is 5.97 Å². The Bertz CT molecular complexity index is 560. The monoisotopic (exact) mass is 310 g/mol. The summed E-state index contributed by atoms with van der Waals surface area (Å²) in [4.78, 5) is 26.3. The molecule has 3 N–H and O–H groups in total. The maximum absolute atomic E-state index is 12.4. The third-order valence-electron chi connectivity index (χ3n) is 4.40. The van der Waals surface area contributed by atoms with Crippen LogP contribution in [0.15, 0.2) is 0 Å². The second-order valence-electron chi connectivity index (χ2n) is 5.71. The summed E-state index contributed by atoms with van der Waals surface area (Å²) in [6, 6.07) is 0. The maximum Gasteiger partial charge on any atom is 0.352 e. The molecule has 21 heavy (non-hydrogen) atoms. The molecule has 0 aromatic carbocycles. The van der Waals surface area contributed by atoms with Crippen LogP contribution >= 0.6 is 11.8 Å².